The van der Waals surface area contributed by atoms with Crippen LogP contribution in [0, 0.1) is 0 Å². The fourth-order valence-corrected chi connectivity index (χ4v) is 3.66. The van der Waals surface area contributed by atoms with E-state index in [-0.39, 0.29) is 17.4 Å². The van der Waals surface area contributed by atoms with Crippen molar-refractivity contribution >= 4 is 5.97 Å². The first-order valence-corrected chi connectivity index (χ1v) is 8.18. The third-order valence-corrected chi connectivity index (χ3v) is 4.69. The second kappa shape index (κ2) is 5.67. The van der Waals surface area contributed by atoms with E-state index in [1.165, 1.54) is 5.56 Å². The first-order valence-electron chi connectivity index (χ1n) is 8.18. The van der Waals surface area contributed by atoms with E-state index in [9.17, 15) is 4.79 Å². The van der Waals surface area contributed by atoms with Crippen LogP contribution in [0.3, 0.4) is 0 Å². The van der Waals surface area contributed by atoms with E-state index in [1.54, 1.807) is 0 Å². The quantitative estimate of drug-likeness (QED) is 0.782. The summed E-state index contributed by atoms with van der Waals surface area (Å²) in [5.74, 6) is -0.177. The van der Waals surface area contributed by atoms with E-state index >= 15 is 0 Å². The van der Waals surface area contributed by atoms with Crippen molar-refractivity contribution in [3.8, 4) is 0 Å². The van der Waals surface area contributed by atoms with E-state index in [0.29, 0.717) is 0 Å². The molecule has 1 fully saturated rings. The van der Waals surface area contributed by atoms with Gasteiger partial charge in [-0.1, -0.05) is 24.3 Å². The lowest BCUT2D eigenvalue weighted by molar-refractivity contribution is -0.158. The lowest BCUT2D eigenvalue weighted by Crippen LogP contribution is -2.52. The van der Waals surface area contributed by atoms with Crippen molar-refractivity contribution in [1.82, 2.24) is 10.6 Å². The van der Waals surface area contributed by atoms with Crippen molar-refractivity contribution in [1.29, 1.82) is 0 Å². The predicted octanol–water partition coefficient (Wildman–Crippen LogP) is 2.29. The standard InChI is InChI=1S/C18H26N2O2/c1-17(2,3)22-16(21)15-13-6-4-5-7-14(13)18(12-20-15)8-10-19-11-9-18/h4-7,15,19-20H,8-12H2,1-3H3. The van der Waals surface area contributed by atoms with Crippen LogP contribution in [0.4, 0.5) is 0 Å². The summed E-state index contributed by atoms with van der Waals surface area (Å²) < 4.78 is 5.60. The van der Waals surface area contributed by atoms with Crippen LogP contribution in [-0.4, -0.2) is 31.2 Å². The molecule has 3 rings (SSSR count). The normalized spacial score (nSPS) is 23.9. The van der Waals surface area contributed by atoms with Crippen LogP contribution in [0.15, 0.2) is 24.3 Å². The molecule has 1 atom stereocenters. The Balaban J connectivity index is 1.93. The third-order valence-electron chi connectivity index (χ3n) is 4.69. The number of piperidine rings is 1. The number of rotatable bonds is 1. The molecule has 1 aromatic carbocycles. The fourth-order valence-electron chi connectivity index (χ4n) is 3.66. The molecule has 120 valence electrons. The van der Waals surface area contributed by atoms with Crippen LogP contribution in [0.25, 0.3) is 0 Å². The van der Waals surface area contributed by atoms with Crippen LogP contribution in [0.2, 0.25) is 0 Å². The molecule has 2 heterocycles. The highest BCUT2D eigenvalue weighted by Gasteiger charge is 2.42. The number of hydrogen-bond acceptors (Lipinski definition) is 4. The summed E-state index contributed by atoms with van der Waals surface area (Å²) in [6.07, 6.45) is 2.22. The molecule has 4 nitrogen and oxygen atoms in total. The van der Waals surface area contributed by atoms with E-state index in [4.69, 9.17) is 4.74 Å². The molecule has 0 radical (unpaired) electrons. The summed E-state index contributed by atoms with van der Waals surface area (Å²) in [6, 6.07) is 8.01. The minimum Gasteiger partial charge on any atom is -0.459 e. The largest absolute Gasteiger partial charge is 0.459 e. The molecule has 0 bridgehead atoms. The zero-order valence-corrected chi connectivity index (χ0v) is 13.7. The Morgan fingerprint density at radius 3 is 2.59 bits per heavy atom. The van der Waals surface area contributed by atoms with Gasteiger partial charge in [-0.15, -0.1) is 0 Å². The molecule has 1 aromatic rings. The predicted molar refractivity (Wildman–Crippen MR) is 86.8 cm³/mol. The maximum absolute atomic E-state index is 12.6. The van der Waals surface area contributed by atoms with Gasteiger partial charge in [0.2, 0.25) is 0 Å². The van der Waals surface area contributed by atoms with Crippen molar-refractivity contribution in [2.45, 2.75) is 50.7 Å². The summed E-state index contributed by atoms with van der Waals surface area (Å²) in [5, 5.41) is 6.89. The average molecular weight is 302 g/mol. The highest BCUT2D eigenvalue weighted by atomic mass is 16.6. The fraction of sp³-hybridized carbons (Fsp3) is 0.611. The Morgan fingerprint density at radius 1 is 1.23 bits per heavy atom. The zero-order chi connectivity index (χ0) is 15.8. The maximum atomic E-state index is 12.6. The van der Waals surface area contributed by atoms with Gasteiger partial charge in [0, 0.05) is 12.0 Å². The first-order chi connectivity index (χ1) is 10.4. The summed E-state index contributed by atoms with van der Waals surface area (Å²) in [7, 11) is 0. The van der Waals surface area contributed by atoms with Crippen LogP contribution >= 0.6 is 0 Å². The Hall–Kier alpha value is -1.39. The van der Waals surface area contributed by atoms with Gasteiger partial charge < -0.3 is 10.1 Å². The van der Waals surface area contributed by atoms with Gasteiger partial charge in [-0.3, -0.25) is 5.32 Å². The molecule has 1 saturated heterocycles. The Kier molecular flexibility index (Phi) is 4.00. The van der Waals surface area contributed by atoms with E-state index in [0.717, 1.165) is 38.0 Å². The van der Waals surface area contributed by atoms with Crippen molar-refractivity contribution in [3.63, 3.8) is 0 Å². The van der Waals surface area contributed by atoms with Gasteiger partial charge in [0.05, 0.1) is 0 Å². The highest BCUT2D eigenvalue weighted by Crippen LogP contribution is 2.41. The number of fused-ring (bicyclic) bond motifs is 2. The molecule has 0 aromatic heterocycles. The Bertz CT molecular complexity index is 556. The number of esters is 1. The number of hydrogen-bond donors (Lipinski definition) is 2. The number of benzene rings is 1. The molecular weight excluding hydrogens is 276 g/mol. The van der Waals surface area contributed by atoms with Crippen LogP contribution in [0.5, 0.6) is 0 Å². The van der Waals surface area contributed by atoms with Crippen molar-refractivity contribution in [2.75, 3.05) is 19.6 Å². The second-order valence-electron chi connectivity index (χ2n) is 7.46. The molecular formula is C18H26N2O2. The molecule has 2 aliphatic heterocycles. The molecule has 22 heavy (non-hydrogen) atoms. The van der Waals surface area contributed by atoms with E-state index in [2.05, 4.69) is 28.8 Å². The van der Waals surface area contributed by atoms with Gasteiger partial charge in [-0.25, -0.2) is 4.79 Å². The minimum absolute atomic E-state index is 0.153. The molecule has 0 aliphatic carbocycles. The number of carbonyl (C=O) groups is 1. The topological polar surface area (TPSA) is 50.4 Å². The lowest BCUT2D eigenvalue weighted by Gasteiger charge is -2.45. The van der Waals surface area contributed by atoms with E-state index in [1.807, 2.05) is 26.8 Å². The summed E-state index contributed by atoms with van der Waals surface area (Å²) in [5.41, 5.74) is 2.11. The molecule has 2 N–H and O–H groups in total. The monoisotopic (exact) mass is 302 g/mol. The summed E-state index contributed by atoms with van der Waals surface area (Å²) in [6.45, 7) is 8.64. The minimum atomic E-state index is -0.461. The van der Waals surface area contributed by atoms with Gasteiger partial charge >= 0.3 is 5.97 Å². The van der Waals surface area contributed by atoms with Crippen LogP contribution < -0.4 is 10.6 Å². The van der Waals surface area contributed by atoms with Gasteiger partial charge in [-0.05, 0) is 57.8 Å². The average Bonchev–Trinajstić information content (AvgIpc) is 2.47. The molecule has 4 heteroatoms. The summed E-state index contributed by atoms with van der Waals surface area (Å²) >= 11 is 0. The third kappa shape index (κ3) is 2.90. The summed E-state index contributed by atoms with van der Waals surface area (Å²) in [4.78, 5) is 12.6. The smallest absolute Gasteiger partial charge is 0.328 e. The first kappa shape index (κ1) is 15.5. The molecule has 1 spiro atoms. The van der Waals surface area contributed by atoms with Gasteiger partial charge in [-0.2, -0.15) is 0 Å². The van der Waals surface area contributed by atoms with Crippen LogP contribution in [-0.2, 0) is 14.9 Å². The van der Waals surface area contributed by atoms with Crippen LogP contribution in [0.1, 0.15) is 50.8 Å². The Labute approximate surface area is 132 Å². The van der Waals surface area contributed by atoms with E-state index < -0.39 is 5.60 Å². The second-order valence-corrected chi connectivity index (χ2v) is 7.46. The maximum Gasteiger partial charge on any atom is 0.328 e. The zero-order valence-electron chi connectivity index (χ0n) is 13.7. The highest BCUT2D eigenvalue weighted by molar-refractivity contribution is 5.79. The van der Waals surface area contributed by atoms with Crippen molar-refractivity contribution < 1.29 is 9.53 Å². The van der Waals surface area contributed by atoms with Crippen molar-refractivity contribution in [2.24, 2.45) is 0 Å². The molecule has 0 saturated carbocycles. The van der Waals surface area contributed by atoms with Gasteiger partial charge in [0.15, 0.2) is 0 Å². The van der Waals surface area contributed by atoms with Gasteiger partial charge in [0.25, 0.3) is 0 Å². The Morgan fingerprint density at radius 2 is 1.91 bits per heavy atom. The SMILES string of the molecule is CC(C)(C)OC(=O)C1NCC2(CCNCC2)c2ccccc21. The number of carbonyl (C=O) groups excluding carboxylic acids is 1. The molecule has 0 amide bonds. The number of ether oxygens (including phenoxy) is 1. The molecule has 2 aliphatic rings. The lowest BCUT2D eigenvalue weighted by atomic mass is 9.68. The number of nitrogens with one attached hydrogen (secondary N) is 2. The molecule has 1 unspecified atom stereocenters. The van der Waals surface area contributed by atoms with Crippen molar-refractivity contribution in [3.05, 3.63) is 35.4 Å². The van der Waals surface area contributed by atoms with Gasteiger partial charge in [0.1, 0.15) is 11.6 Å².